The van der Waals surface area contributed by atoms with Gasteiger partial charge in [-0.1, -0.05) is 24.3 Å². The number of β-amino-alcohol motifs (C(OH)–C–C–N with tert-alkyl or cyclic N) is 1. The number of anilines is 1. The lowest BCUT2D eigenvalue weighted by Crippen LogP contribution is -2.42. The van der Waals surface area contributed by atoms with Gasteiger partial charge in [0.15, 0.2) is 0 Å². The molecule has 0 bridgehead atoms. The molecular formula is C21H26N4O3. The van der Waals surface area contributed by atoms with Crippen LogP contribution in [-0.4, -0.2) is 51.9 Å². The smallest absolute Gasteiger partial charge is 0.326 e. The van der Waals surface area contributed by atoms with Gasteiger partial charge in [-0.15, -0.1) is 0 Å². The predicted octanol–water partition coefficient (Wildman–Crippen LogP) is 1.99. The fraction of sp³-hybridized carbons (Fsp3) is 0.381. The van der Waals surface area contributed by atoms with Gasteiger partial charge in [0.2, 0.25) is 0 Å². The summed E-state index contributed by atoms with van der Waals surface area (Å²) in [4.78, 5) is 17.5. The predicted molar refractivity (Wildman–Crippen MR) is 110 cm³/mol. The van der Waals surface area contributed by atoms with Crippen molar-refractivity contribution in [2.45, 2.75) is 25.0 Å². The average Bonchev–Trinajstić information content (AvgIpc) is 3.04. The van der Waals surface area contributed by atoms with Crippen LogP contribution < -0.4 is 16.2 Å². The number of aliphatic hydroxyl groups is 1. The summed E-state index contributed by atoms with van der Waals surface area (Å²) in [6.07, 6.45) is 1.16. The number of piperidine rings is 1. The van der Waals surface area contributed by atoms with Gasteiger partial charge in [0.25, 0.3) is 0 Å². The molecule has 0 saturated carbocycles. The SMILES string of the molecule is Nc1ccccc1OCC(O)CN1CCC(n2c(=O)[nH]c3ccccc32)CC1. The van der Waals surface area contributed by atoms with Crippen LogP contribution in [0.5, 0.6) is 5.75 Å². The Balaban J connectivity index is 1.31. The van der Waals surface area contributed by atoms with E-state index in [0.717, 1.165) is 37.0 Å². The summed E-state index contributed by atoms with van der Waals surface area (Å²) in [6.45, 7) is 2.42. The maximum Gasteiger partial charge on any atom is 0.326 e. The van der Waals surface area contributed by atoms with Crippen molar-refractivity contribution in [3.63, 3.8) is 0 Å². The molecule has 148 valence electrons. The minimum Gasteiger partial charge on any atom is -0.489 e. The highest BCUT2D eigenvalue weighted by Gasteiger charge is 2.24. The molecule has 1 aliphatic rings. The first-order valence-electron chi connectivity index (χ1n) is 9.69. The summed E-state index contributed by atoms with van der Waals surface area (Å²) in [6, 6.07) is 15.3. The van der Waals surface area contributed by atoms with E-state index in [4.69, 9.17) is 10.5 Å². The number of rotatable bonds is 6. The number of aromatic nitrogens is 2. The number of nitrogen functional groups attached to an aromatic ring is 1. The zero-order valence-corrected chi connectivity index (χ0v) is 15.8. The van der Waals surface area contributed by atoms with Gasteiger partial charge in [-0.3, -0.25) is 4.57 Å². The Hall–Kier alpha value is -2.77. The van der Waals surface area contributed by atoms with Crippen LogP contribution in [0.1, 0.15) is 18.9 Å². The standard InChI is InChI=1S/C21H26N4O3/c22-17-5-1-4-8-20(17)28-14-16(26)13-24-11-9-15(10-12-24)25-19-7-3-2-6-18(19)23-21(25)27/h1-8,15-16,26H,9-14,22H2,(H,23,27). The molecule has 2 aromatic carbocycles. The first kappa shape index (κ1) is 18.6. The molecule has 7 nitrogen and oxygen atoms in total. The maximum absolute atomic E-state index is 12.4. The van der Waals surface area contributed by atoms with Crippen LogP contribution in [0.2, 0.25) is 0 Å². The number of nitrogens with one attached hydrogen (secondary N) is 1. The topological polar surface area (TPSA) is 96.5 Å². The molecule has 0 spiro atoms. The summed E-state index contributed by atoms with van der Waals surface area (Å²) < 4.78 is 7.51. The van der Waals surface area contributed by atoms with Crippen LogP contribution in [0.4, 0.5) is 5.69 Å². The van der Waals surface area contributed by atoms with E-state index in [1.165, 1.54) is 0 Å². The third-order valence-corrected chi connectivity index (χ3v) is 5.37. The lowest BCUT2D eigenvalue weighted by atomic mass is 10.0. The fourth-order valence-corrected chi connectivity index (χ4v) is 3.95. The second-order valence-electron chi connectivity index (χ2n) is 7.35. The summed E-state index contributed by atoms with van der Waals surface area (Å²) in [5.74, 6) is 0.596. The molecule has 4 rings (SSSR count). The molecule has 2 heterocycles. The second-order valence-corrected chi connectivity index (χ2v) is 7.35. The van der Waals surface area contributed by atoms with Crippen LogP contribution in [0.25, 0.3) is 11.0 Å². The van der Waals surface area contributed by atoms with E-state index in [-0.39, 0.29) is 18.3 Å². The highest BCUT2D eigenvalue weighted by molar-refractivity contribution is 5.75. The van der Waals surface area contributed by atoms with Crippen LogP contribution in [0.15, 0.2) is 53.3 Å². The zero-order chi connectivity index (χ0) is 19.5. The van der Waals surface area contributed by atoms with E-state index < -0.39 is 6.10 Å². The van der Waals surface area contributed by atoms with E-state index in [0.29, 0.717) is 18.0 Å². The summed E-state index contributed by atoms with van der Waals surface area (Å²) in [7, 11) is 0. The van der Waals surface area contributed by atoms with E-state index in [2.05, 4.69) is 9.88 Å². The minimum absolute atomic E-state index is 0.0477. The number of hydrogen-bond donors (Lipinski definition) is 3. The molecule has 0 radical (unpaired) electrons. The zero-order valence-electron chi connectivity index (χ0n) is 15.8. The van der Waals surface area contributed by atoms with Crippen molar-refractivity contribution in [2.75, 3.05) is 32.0 Å². The molecule has 1 aromatic heterocycles. The van der Waals surface area contributed by atoms with Crippen molar-refractivity contribution < 1.29 is 9.84 Å². The Morgan fingerprint density at radius 1 is 1.14 bits per heavy atom. The first-order chi connectivity index (χ1) is 13.6. The van der Waals surface area contributed by atoms with Crippen LogP contribution >= 0.6 is 0 Å². The molecule has 3 aromatic rings. The lowest BCUT2D eigenvalue weighted by Gasteiger charge is -2.33. The van der Waals surface area contributed by atoms with Gasteiger partial charge in [0, 0.05) is 25.7 Å². The van der Waals surface area contributed by atoms with E-state index in [1.54, 1.807) is 12.1 Å². The Morgan fingerprint density at radius 3 is 2.64 bits per heavy atom. The van der Waals surface area contributed by atoms with Crippen molar-refractivity contribution in [1.82, 2.24) is 14.5 Å². The number of nitrogens with zero attached hydrogens (tertiary/aromatic N) is 2. The van der Waals surface area contributed by atoms with Crippen LogP contribution in [0.3, 0.4) is 0 Å². The number of nitrogens with two attached hydrogens (primary N) is 1. The van der Waals surface area contributed by atoms with Crippen molar-refractivity contribution in [2.24, 2.45) is 0 Å². The number of para-hydroxylation sites is 4. The number of aromatic amines is 1. The number of imidazole rings is 1. The summed E-state index contributed by atoms with van der Waals surface area (Å²) >= 11 is 0. The highest BCUT2D eigenvalue weighted by atomic mass is 16.5. The monoisotopic (exact) mass is 382 g/mol. The number of aliphatic hydroxyl groups excluding tert-OH is 1. The van der Waals surface area contributed by atoms with Crippen LogP contribution in [0, 0.1) is 0 Å². The molecule has 1 fully saturated rings. The molecular weight excluding hydrogens is 356 g/mol. The second kappa shape index (κ2) is 8.08. The number of likely N-dealkylation sites (tertiary alicyclic amines) is 1. The van der Waals surface area contributed by atoms with Crippen LogP contribution in [-0.2, 0) is 0 Å². The van der Waals surface area contributed by atoms with Gasteiger partial charge < -0.3 is 25.5 Å². The molecule has 7 heteroatoms. The molecule has 1 unspecified atom stereocenters. The maximum atomic E-state index is 12.4. The highest BCUT2D eigenvalue weighted by Crippen LogP contribution is 2.25. The van der Waals surface area contributed by atoms with Gasteiger partial charge >= 0.3 is 5.69 Å². The van der Waals surface area contributed by atoms with E-state index in [9.17, 15) is 9.90 Å². The van der Waals surface area contributed by atoms with E-state index >= 15 is 0 Å². The molecule has 1 atom stereocenters. The van der Waals surface area contributed by atoms with Crippen molar-refractivity contribution in [1.29, 1.82) is 0 Å². The minimum atomic E-state index is -0.591. The fourth-order valence-electron chi connectivity index (χ4n) is 3.95. The molecule has 0 amide bonds. The number of fused-ring (bicyclic) bond motifs is 1. The largest absolute Gasteiger partial charge is 0.489 e. The first-order valence-corrected chi connectivity index (χ1v) is 9.69. The quantitative estimate of drug-likeness (QED) is 0.567. The molecule has 28 heavy (non-hydrogen) atoms. The number of hydrogen-bond acceptors (Lipinski definition) is 5. The Bertz CT molecular complexity index is 988. The third kappa shape index (κ3) is 3.90. The van der Waals surface area contributed by atoms with Gasteiger partial charge in [-0.25, -0.2) is 4.79 Å². The normalized spacial score (nSPS) is 17.0. The Kier molecular flexibility index (Phi) is 5.36. The Labute approximate surface area is 163 Å². The summed E-state index contributed by atoms with van der Waals surface area (Å²) in [5, 5.41) is 10.3. The van der Waals surface area contributed by atoms with Crippen molar-refractivity contribution in [3.05, 3.63) is 59.0 Å². The molecule has 4 N–H and O–H groups in total. The van der Waals surface area contributed by atoms with Crippen molar-refractivity contribution >= 4 is 16.7 Å². The molecule has 0 aliphatic carbocycles. The molecule has 1 aliphatic heterocycles. The Morgan fingerprint density at radius 2 is 1.86 bits per heavy atom. The number of ether oxygens (including phenoxy) is 1. The van der Waals surface area contributed by atoms with Gasteiger partial charge in [0.05, 0.1) is 16.7 Å². The molecule has 1 saturated heterocycles. The van der Waals surface area contributed by atoms with E-state index in [1.807, 2.05) is 41.0 Å². The third-order valence-electron chi connectivity index (χ3n) is 5.37. The number of H-pyrrole nitrogens is 1. The average molecular weight is 382 g/mol. The van der Waals surface area contributed by atoms with Gasteiger partial charge in [-0.05, 0) is 37.1 Å². The lowest BCUT2D eigenvalue weighted by molar-refractivity contribution is 0.0561. The van der Waals surface area contributed by atoms with Gasteiger partial charge in [0.1, 0.15) is 18.5 Å². The van der Waals surface area contributed by atoms with Crippen molar-refractivity contribution in [3.8, 4) is 5.75 Å². The summed E-state index contributed by atoms with van der Waals surface area (Å²) in [5.41, 5.74) is 8.21. The van der Waals surface area contributed by atoms with Gasteiger partial charge in [-0.2, -0.15) is 0 Å². The number of benzene rings is 2.